The van der Waals surface area contributed by atoms with Crippen LogP contribution in [0, 0.1) is 0 Å². The van der Waals surface area contributed by atoms with Gasteiger partial charge < -0.3 is 13.9 Å². The van der Waals surface area contributed by atoms with Gasteiger partial charge in [0.2, 0.25) is 10.0 Å². The predicted molar refractivity (Wildman–Crippen MR) is 146 cm³/mol. The number of carbonyl (C=O) groups excluding carboxylic acids is 2. The normalized spacial score (nSPS) is 18.0. The third kappa shape index (κ3) is 6.44. The number of furan rings is 1. The second-order valence-electron chi connectivity index (χ2n) is 9.35. The molecule has 0 radical (unpaired) electrons. The largest absolute Gasteiger partial charge is 0.467 e. The molecule has 1 atom stereocenters. The lowest BCUT2D eigenvalue weighted by atomic mass is 10.0. The van der Waals surface area contributed by atoms with E-state index in [0.29, 0.717) is 55.6 Å². The van der Waals surface area contributed by atoms with Gasteiger partial charge in [-0.15, -0.1) is 0 Å². The summed E-state index contributed by atoms with van der Waals surface area (Å²) >= 11 is 6.00. The van der Waals surface area contributed by atoms with Crippen LogP contribution in [0.5, 0.6) is 0 Å². The van der Waals surface area contributed by atoms with E-state index in [2.05, 4.69) is 5.10 Å². The summed E-state index contributed by atoms with van der Waals surface area (Å²) < 4.78 is 43.0. The number of amides is 1. The van der Waals surface area contributed by atoms with Crippen molar-refractivity contribution in [1.82, 2.24) is 9.31 Å². The van der Waals surface area contributed by atoms with E-state index in [1.807, 2.05) is 12.1 Å². The first-order chi connectivity index (χ1) is 19.3. The zero-order chi connectivity index (χ0) is 28.1. The van der Waals surface area contributed by atoms with Gasteiger partial charge in [0.25, 0.3) is 5.91 Å². The van der Waals surface area contributed by atoms with Crippen LogP contribution >= 0.6 is 11.6 Å². The Balaban J connectivity index is 1.16. The summed E-state index contributed by atoms with van der Waals surface area (Å²) in [6.07, 6.45) is 2.33. The van der Waals surface area contributed by atoms with Gasteiger partial charge >= 0.3 is 5.97 Å². The van der Waals surface area contributed by atoms with Crippen molar-refractivity contribution in [3.05, 3.63) is 88.8 Å². The highest BCUT2D eigenvalue weighted by Gasteiger charge is 2.35. The first-order valence-electron chi connectivity index (χ1n) is 12.8. The molecule has 2 aliphatic rings. The van der Waals surface area contributed by atoms with Gasteiger partial charge in [0.05, 0.1) is 30.1 Å². The number of rotatable bonds is 9. The fraction of sp³-hybridized carbons (Fsp3) is 0.321. The molecule has 1 saturated heterocycles. The van der Waals surface area contributed by atoms with Crippen LogP contribution in [0.4, 0.5) is 0 Å². The van der Waals surface area contributed by atoms with Crippen molar-refractivity contribution in [1.29, 1.82) is 0 Å². The van der Waals surface area contributed by atoms with Crippen molar-refractivity contribution in [2.75, 3.05) is 32.9 Å². The summed E-state index contributed by atoms with van der Waals surface area (Å²) in [6, 6.07) is 16.7. The maximum atomic E-state index is 13.0. The fourth-order valence-corrected chi connectivity index (χ4v) is 6.08. The van der Waals surface area contributed by atoms with E-state index in [9.17, 15) is 18.0 Å². The molecule has 12 heteroatoms. The van der Waals surface area contributed by atoms with Gasteiger partial charge in [-0.2, -0.15) is 9.41 Å². The highest BCUT2D eigenvalue weighted by molar-refractivity contribution is 7.89. The highest BCUT2D eigenvalue weighted by atomic mass is 35.5. The van der Waals surface area contributed by atoms with Crippen LogP contribution in [0.3, 0.4) is 0 Å². The first-order valence-corrected chi connectivity index (χ1v) is 14.6. The van der Waals surface area contributed by atoms with Crippen LogP contribution in [-0.4, -0.2) is 68.2 Å². The summed E-state index contributed by atoms with van der Waals surface area (Å²) in [5.74, 6) is -0.447. The molecule has 3 heterocycles. The Morgan fingerprint density at radius 3 is 2.42 bits per heavy atom. The lowest BCUT2D eigenvalue weighted by Gasteiger charge is -2.26. The predicted octanol–water partition coefficient (Wildman–Crippen LogP) is 3.81. The third-order valence-corrected chi connectivity index (χ3v) is 8.89. The monoisotopic (exact) mass is 585 g/mol. The van der Waals surface area contributed by atoms with E-state index in [-0.39, 0.29) is 11.3 Å². The van der Waals surface area contributed by atoms with E-state index in [4.69, 9.17) is 25.5 Å². The van der Waals surface area contributed by atoms with Crippen molar-refractivity contribution in [2.24, 2.45) is 5.10 Å². The minimum atomic E-state index is -3.58. The molecule has 0 saturated carbocycles. The van der Waals surface area contributed by atoms with E-state index < -0.39 is 34.5 Å². The van der Waals surface area contributed by atoms with Gasteiger partial charge in [0.15, 0.2) is 6.61 Å². The van der Waals surface area contributed by atoms with Crippen molar-refractivity contribution in [3.63, 3.8) is 0 Å². The van der Waals surface area contributed by atoms with Crippen molar-refractivity contribution >= 4 is 39.2 Å². The van der Waals surface area contributed by atoms with Crippen LogP contribution in [0.2, 0.25) is 5.02 Å². The molecule has 10 nitrogen and oxygen atoms in total. The molecule has 0 spiro atoms. The number of benzene rings is 2. The van der Waals surface area contributed by atoms with Crippen LogP contribution in [-0.2, 0) is 35.5 Å². The van der Waals surface area contributed by atoms with Gasteiger partial charge in [0, 0.05) is 31.0 Å². The number of ether oxygens (including phenoxy) is 2. The van der Waals surface area contributed by atoms with E-state index in [1.54, 1.807) is 36.4 Å². The molecule has 0 aliphatic carbocycles. The van der Waals surface area contributed by atoms with Crippen molar-refractivity contribution in [3.8, 4) is 0 Å². The summed E-state index contributed by atoms with van der Waals surface area (Å²) in [6.45, 7) is 0.923. The van der Waals surface area contributed by atoms with Gasteiger partial charge in [-0.3, -0.25) is 9.59 Å². The Kier molecular flexibility index (Phi) is 8.65. The minimum Gasteiger partial charge on any atom is -0.467 e. The minimum absolute atomic E-state index is 0.0315. The quantitative estimate of drug-likeness (QED) is 0.350. The lowest BCUT2D eigenvalue weighted by Crippen LogP contribution is -2.40. The maximum absolute atomic E-state index is 13.0. The zero-order valence-corrected chi connectivity index (χ0v) is 23.1. The Morgan fingerprint density at radius 2 is 1.75 bits per heavy atom. The lowest BCUT2D eigenvalue weighted by molar-refractivity contribution is -0.152. The van der Waals surface area contributed by atoms with Crippen LogP contribution < -0.4 is 0 Å². The standard InChI is InChI=1S/C28H28ClN3O7S/c29-22-8-6-21(7-9-22)24-18-25(26-2-1-15-38-26)32(30-24)27(33)19-39-28(34)12-5-20-3-10-23(11-4-20)40(35,36)31-13-16-37-17-14-31/h1-4,6-11,15,25H,5,12-14,16-19H2. The number of esters is 1. The van der Waals surface area contributed by atoms with Gasteiger partial charge in [-0.25, -0.2) is 13.4 Å². The molecular formula is C28H28ClN3O7S. The van der Waals surface area contributed by atoms with Crippen LogP contribution in [0.25, 0.3) is 0 Å². The molecule has 210 valence electrons. The van der Waals surface area contributed by atoms with E-state index in [1.165, 1.54) is 27.7 Å². The molecule has 3 aromatic rings. The number of hydrazone groups is 1. The van der Waals surface area contributed by atoms with E-state index in [0.717, 1.165) is 11.1 Å². The summed E-state index contributed by atoms with van der Waals surface area (Å²) in [5.41, 5.74) is 2.30. The molecule has 2 aromatic carbocycles. The van der Waals surface area contributed by atoms with Crippen molar-refractivity contribution < 1.29 is 31.9 Å². The average Bonchev–Trinajstić information content (AvgIpc) is 3.67. The molecular weight excluding hydrogens is 558 g/mol. The maximum Gasteiger partial charge on any atom is 0.306 e. The topological polar surface area (TPSA) is 119 Å². The Morgan fingerprint density at radius 1 is 1.02 bits per heavy atom. The molecule has 0 bridgehead atoms. The van der Waals surface area contributed by atoms with Gasteiger partial charge in [0.1, 0.15) is 11.8 Å². The molecule has 5 rings (SSSR count). The second-order valence-corrected chi connectivity index (χ2v) is 11.7. The fourth-order valence-electron chi connectivity index (χ4n) is 4.55. The average molecular weight is 586 g/mol. The Hall–Kier alpha value is -3.51. The highest BCUT2D eigenvalue weighted by Crippen LogP contribution is 2.33. The molecule has 40 heavy (non-hydrogen) atoms. The van der Waals surface area contributed by atoms with Crippen molar-refractivity contribution in [2.45, 2.75) is 30.2 Å². The molecule has 1 fully saturated rings. The van der Waals surface area contributed by atoms with Gasteiger partial charge in [-0.05, 0) is 53.9 Å². The number of aryl methyl sites for hydroxylation is 1. The molecule has 2 aliphatic heterocycles. The number of carbonyl (C=O) groups is 2. The molecule has 0 N–H and O–H groups in total. The number of sulfonamides is 1. The van der Waals surface area contributed by atoms with E-state index >= 15 is 0 Å². The zero-order valence-electron chi connectivity index (χ0n) is 21.6. The molecule has 1 amide bonds. The molecule has 1 aromatic heterocycles. The number of morpholine rings is 1. The summed E-state index contributed by atoms with van der Waals surface area (Å²) in [7, 11) is -3.58. The number of hydrogen-bond donors (Lipinski definition) is 0. The SMILES string of the molecule is O=C(CCc1ccc(S(=O)(=O)N2CCOCC2)cc1)OCC(=O)N1N=C(c2ccc(Cl)cc2)CC1c1ccco1. The molecule has 1 unspecified atom stereocenters. The second kappa shape index (κ2) is 12.3. The first kappa shape index (κ1) is 28.0. The number of halogens is 1. The third-order valence-electron chi connectivity index (χ3n) is 6.72. The number of nitrogens with zero attached hydrogens (tertiary/aromatic N) is 3. The summed E-state index contributed by atoms with van der Waals surface area (Å²) in [4.78, 5) is 25.7. The van der Waals surface area contributed by atoms with Crippen LogP contribution in [0.15, 0.2) is 81.3 Å². The Bertz CT molecular complexity index is 1470. The Labute approximate surface area is 237 Å². The summed E-state index contributed by atoms with van der Waals surface area (Å²) in [5, 5.41) is 6.40. The number of hydrogen-bond acceptors (Lipinski definition) is 8. The van der Waals surface area contributed by atoms with Gasteiger partial charge in [-0.1, -0.05) is 35.9 Å². The smallest absolute Gasteiger partial charge is 0.306 e. The van der Waals surface area contributed by atoms with Crippen LogP contribution in [0.1, 0.15) is 35.8 Å².